The monoisotopic (exact) mass is 181 g/mol. The summed E-state index contributed by atoms with van der Waals surface area (Å²) in [6.45, 7) is 0.0509. The van der Waals surface area contributed by atoms with Gasteiger partial charge in [0.2, 0.25) is 0 Å². The number of fused-ring (bicyclic) bond motifs is 1. The molecular weight excluding hydrogens is 175 g/mol. The van der Waals surface area contributed by atoms with E-state index in [0.717, 1.165) is 0 Å². The van der Waals surface area contributed by atoms with Crippen molar-refractivity contribution in [3.8, 4) is 0 Å². The van der Waals surface area contributed by atoms with Crippen molar-refractivity contribution in [3.63, 3.8) is 0 Å². The normalized spacial score (nSPS) is 56.4. The van der Waals surface area contributed by atoms with Gasteiger partial charge < -0.3 is 19.3 Å². The van der Waals surface area contributed by atoms with Crippen LogP contribution in [-0.4, -0.2) is 30.2 Å². The number of aliphatic hydroxyl groups excluding tert-OH is 1. The Morgan fingerprint density at radius 1 is 1.55 bits per heavy atom. The molecule has 2 heterocycles. The van der Waals surface area contributed by atoms with Gasteiger partial charge in [0.1, 0.15) is 12.2 Å². The lowest BCUT2D eigenvalue weighted by atomic mass is 10.2. The van der Waals surface area contributed by atoms with Crippen LogP contribution >= 0.6 is 7.82 Å². The minimum atomic E-state index is -4.19. The Labute approximate surface area is 62.3 Å². The van der Waals surface area contributed by atoms with Crippen molar-refractivity contribution in [2.75, 3.05) is 6.61 Å². The van der Waals surface area contributed by atoms with Crippen LogP contribution in [0.5, 0.6) is 0 Å². The smallest absolute Gasteiger partial charge is 0.270 e. The van der Waals surface area contributed by atoms with E-state index in [1.807, 2.05) is 0 Å². The summed E-state index contributed by atoms with van der Waals surface area (Å²) in [5.74, 6) is 0. The minimum absolute atomic E-state index is 0.0509. The molecule has 0 aromatic rings. The summed E-state index contributed by atoms with van der Waals surface area (Å²) in [5.41, 5.74) is 0. The van der Waals surface area contributed by atoms with Crippen molar-refractivity contribution in [2.45, 2.75) is 18.5 Å². The molecule has 0 aromatic heterocycles. The quantitative estimate of drug-likeness (QED) is 0.462. The van der Waals surface area contributed by atoms with Crippen LogP contribution < -0.4 is 4.89 Å². The van der Waals surface area contributed by atoms with Crippen molar-refractivity contribution in [3.05, 3.63) is 0 Å². The predicted molar refractivity (Wildman–Crippen MR) is 29.3 cm³/mol. The Morgan fingerprint density at radius 3 is 2.91 bits per heavy atom. The molecule has 1 N–H and O–H groups in total. The lowest BCUT2D eigenvalue weighted by molar-refractivity contribution is -0.222. The van der Waals surface area contributed by atoms with Crippen molar-refractivity contribution < 1.29 is 28.3 Å². The molecule has 64 valence electrons. The first-order chi connectivity index (χ1) is 5.08. The fourth-order valence-corrected chi connectivity index (χ4v) is 2.10. The molecule has 0 saturated carbocycles. The topological polar surface area (TPSA) is 88.1 Å². The molecule has 2 aliphatic rings. The standard InChI is InChI=1S/C4H7O6P/c5-2-1-8-4-3(2)9-11(6,7)10-4/h2-5H,1H2,(H,6,7)/p-1/t2-,3+,4+/m0/s1. The third-order valence-electron chi connectivity index (χ3n) is 1.56. The van der Waals surface area contributed by atoms with Gasteiger partial charge in [0.05, 0.1) is 6.61 Å². The van der Waals surface area contributed by atoms with Crippen molar-refractivity contribution >= 4 is 7.82 Å². The first kappa shape index (κ1) is 7.67. The zero-order valence-corrected chi connectivity index (χ0v) is 6.27. The Balaban J connectivity index is 2.16. The van der Waals surface area contributed by atoms with Gasteiger partial charge >= 0.3 is 0 Å². The van der Waals surface area contributed by atoms with Gasteiger partial charge in [0.15, 0.2) is 6.29 Å². The third-order valence-corrected chi connectivity index (χ3v) is 2.53. The van der Waals surface area contributed by atoms with Crippen molar-refractivity contribution in [1.82, 2.24) is 0 Å². The molecule has 0 aliphatic carbocycles. The van der Waals surface area contributed by atoms with E-state index in [0.29, 0.717) is 0 Å². The Kier molecular flexibility index (Phi) is 1.57. The van der Waals surface area contributed by atoms with Crippen LogP contribution in [0.3, 0.4) is 0 Å². The molecule has 2 aliphatic heterocycles. The summed E-state index contributed by atoms with van der Waals surface area (Å²) in [5, 5.41) is 9.04. The zero-order chi connectivity index (χ0) is 8.06. The van der Waals surface area contributed by atoms with Gasteiger partial charge in [0, 0.05) is 0 Å². The van der Waals surface area contributed by atoms with E-state index < -0.39 is 26.3 Å². The maximum absolute atomic E-state index is 10.6. The average molecular weight is 181 g/mol. The van der Waals surface area contributed by atoms with E-state index in [2.05, 4.69) is 9.05 Å². The van der Waals surface area contributed by atoms with E-state index >= 15 is 0 Å². The van der Waals surface area contributed by atoms with Gasteiger partial charge in [-0.2, -0.15) is 0 Å². The predicted octanol–water partition coefficient (Wildman–Crippen LogP) is -1.41. The highest BCUT2D eigenvalue weighted by atomic mass is 31.2. The van der Waals surface area contributed by atoms with Crippen LogP contribution in [0.4, 0.5) is 0 Å². The summed E-state index contributed by atoms with van der Waals surface area (Å²) in [4.78, 5) is 10.6. The lowest BCUT2D eigenvalue weighted by Crippen LogP contribution is -2.27. The van der Waals surface area contributed by atoms with Crippen molar-refractivity contribution in [1.29, 1.82) is 0 Å². The molecule has 6 nitrogen and oxygen atoms in total. The maximum Gasteiger partial charge on any atom is 0.270 e. The Hall–Kier alpha value is 0.0300. The summed E-state index contributed by atoms with van der Waals surface area (Å²) < 4.78 is 24.1. The molecule has 0 amide bonds. The number of ether oxygens (including phenoxy) is 1. The molecule has 2 fully saturated rings. The van der Waals surface area contributed by atoms with E-state index in [1.165, 1.54) is 0 Å². The molecular formula is C4H6O6P-. The molecule has 11 heavy (non-hydrogen) atoms. The minimum Gasteiger partial charge on any atom is -0.756 e. The van der Waals surface area contributed by atoms with E-state index in [1.54, 1.807) is 0 Å². The van der Waals surface area contributed by atoms with Crippen LogP contribution in [-0.2, 0) is 18.3 Å². The number of phosphoric acid groups is 1. The number of phosphoric ester groups is 1. The molecule has 0 bridgehead atoms. The summed E-state index contributed by atoms with van der Waals surface area (Å²) in [7, 11) is -4.19. The van der Waals surface area contributed by atoms with E-state index in [9.17, 15) is 9.46 Å². The molecule has 4 atom stereocenters. The fraction of sp³-hybridized carbons (Fsp3) is 1.00. The average Bonchev–Trinajstić information content (AvgIpc) is 2.31. The van der Waals surface area contributed by atoms with Gasteiger partial charge in [-0.05, 0) is 0 Å². The summed E-state index contributed by atoms with van der Waals surface area (Å²) >= 11 is 0. The van der Waals surface area contributed by atoms with Crippen LogP contribution in [0.2, 0.25) is 0 Å². The van der Waals surface area contributed by atoms with Crippen LogP contribution in [0.15, 0.2) is 0 Å². The fourth-order valence-electron chi connectivity index (χ4n) is 1.08. The first-order valence-electron chi connectivity index (χ1n) is 3.06. The molecule has 0 aromatic carbocycles. The number of rotatable bonds is 0. The second-order valence-corrected chi connectivity index (χ2v) is 3.71. The maximum atomic E-state index is 10.6. The second kappa shape index (κ2) is 2.26. The van der Waals surface area contributed by atoms with Crippen molar-refractivity contribution in [2.24, 2.45) is 0 Å². The molecule has 2 rings (SSSR count). The Morgan fingerprint density at radius 2 is 2.27 bits per heavy atom. The van der Waals surface area contributed by atoms with Crippen LogP contribution in [0, 0.1) is 0 Å². The van der Waals surface area contributed by atoms with Gasteiger partial charge in [-0.3, -0.25) is 9.09 Å². The lowest BCUT2D eigenvalue weighted by Gasteiger charge is -2.15. The van der Waals surface area contributed by atoms with Gasteiger partial charge in [-0.25, -0.2) is 0 Å². The molecule has 2 saturated heterocycles. The molecule has 0 spiro atoms. The summed E-state index contributed by atoms with van der Waals surface area (Å²) in [6, 6.07) is 0. The van der Waals surface area contributed by atoms with Gasteiger partial charge in [-0.15, -0.1) is 0 Å². The molecule has 0 radical (unpaired) electrons. The zero-order valence-electron chi connectivity index (χ0n) is 5.37. The summed E-state index contributed by atoms with van der Waals surface area (Å²) in [6.07, 6.45) is -2.74. The molecule has 7 heteroatoms. The highest BCUT2D eigenvalue weighted by Gasteiger charge is 2.47. The van der Waals surface area contributed by atoms with Crippen LogP contribution in [0.25, 0.3) is 0 Å². The Bertz CT molecular complexity index is 217. The van der Waals surface area contributed by atoms with E-state index in [-0.39, 0.29) is 6.61 Å². The highest BCUT2D eigenvalue weighted by molar-refractivity contribution is 7.46. The SMILES string of the molecule is O=P1([O-])O[C@H]2OC[C@H](O)[C@H]2O1. The van der Waals surface area contributed by atoms with Gasteiger partial charge in [-0.1, -0.05) is 0 Å². The number of aliphatic hydroxyl groups is 1. The highest BCUT2D eigenvalue weighted by Crippen LogP contribution is 2.51. The number of hydrogen-bond acceptors (Lipinski definition) is 6. The largest absolute Gasteiger partial charge is 0.756 e. The second-order valence-electron chi connectivity index (χ2n) is 2.39. The first-order valence-corrected chi connectivity index (χ1v) is 4.52. The van der Waals surface area contributed by atoms with Crippen LogP contribution in [0.1, 0.15) is 0 Å². The number of hydrogen-bond donors (Lipinski definition) is 1. The molecule has 1 unspecified atom stereocenters. The van der Waals surface area contributed by atoms with E-state index in [4.69, 9.17) is 9.84 Å². The third kappa shape index (κ3) is 1.22. The van der Waals surface area contributed by atoms with Gasteiger partial charge in [0.25, 0.3) is 7.82 Å².